The molecule has 3 heterocycles. The molecule has 0 aliphatic carbocycles. The molecule has 0 spiro atoms. The van der Waals surface area contributed by atoms with Crippen LogP contribution in [0.15, 0.2) is 35.4 Å². The second kappa shape index (κ2) is 9.09. The normalized spacial score (nSPS) is 16.5. The van der Waals surface area contributed by atoms with Gasteiger partial charge in [0.2, 0.25) is 0 Å². The molecule has 7 nitrogen and oxygen atoms in total. The molecule has 0 radical (unpaired) electrons. The Kier molecular flexibility index (Phi) is 6.38. The zero-order valence-corrected chi connectivity index (χ0v) is 18.9. The third kappa shape index (κ3) is 4.71. The van der Waals surface area contributed by atoms with E-state index in [2.05, 4.69) is 5.10 Å². The summed E-state index contributed by atoms with van der Waals surface area (Å²) in [5.74, 6) is -0.309. The smallest absolute Gasteiger partial charge is 0.419 e. The first-order chi connectivity index (χ1) is 15.7. The van der Waals surface area contributed by atoms with Gasteiger partial charge in [-0.1, -0.05) is 0 Å². The Balaban J connectivity index is 1.70. The van der Waals surface area contributed by atoms with Crippen LogP contribution in [0.1, 0.15) is 42.3 Å². The van der Waals surface area contributed by atoms with Gasteiger partial charge in [-0.25, -0.2) is 4.79 Å². The third-order valence-electron chi connectivity index (χ3n) is 6.02. The summed E-state index contributed by atoms with van der Waals surface area (Å²) >= 11 is 0. The molecule has 4 rings (SSSR count). The molecule has 1 aromatic carbocycles. The number of benzene rings is 1. The number of imidazole rings is 1. The highest BCUT2D eigenvalue weighted by Crippen LogP contribution is 2.37. The Morgan fingerprint density at radius 1 is 1.24 bits per heavy atom. The van der Waals surface area contributed by atoms with Crippen molar-refractivity contribution in [1.82, 2.24) is 18.9 Å². The van der Waals surface area contributed by atoms with Crippen molar-refractivity contribution in [2.45, 2.75) is 59.0 Å². The van der Waals surface area contributed by atoms with Crippen LogP contribution in [0.2, 0.25) is 0 Å². The van der Waals surface area contributed by atoms with E-state index in [1.807, 2.05) is 20.0 Å². The fourth-order valence-corrected chi connectivity index (χ4v) is 4.06. The molecule has 33 heavy (non-hydrogen) atoms. The standard InChI is InChI=1S/C23H27F3N4O3/c1-4-28-12-17(11-27-28)13-29-15(2)16(3)30(22(29)31)18-7-8-20(23(24,25)26)21(10-18)33-14-19-6-5-9-32-19/h7-8,10-12,19H,4-6,9,13-14H2,1-3H3/t19-/m0/s1. The highest BCUT2D eigenvalue weighted by molar-refractivity contribution is 5.47. The predicted octanol–water partition coefficient (Wildman–Crippen LogP) is 4.10. The van der Waals surface area contributed by atoms with Crippen LogP contribution >= 0.6 is 0 Å². The van der Waals surface area contributed by atoms with Crippen molar-refractivity contribution in [3.05, 3.63) is 63.6 Å². The van der Waals surface area contributed by atoms with Crippen molar-refractivity contribution in [3.8, 4) is 11.4 Å². The van der Waals surface area contributed by atoms with Gasteiger partial charge in [0, 0.05) is 42.4 Å². The van der Waals surface area contributed by atoms with Gasteiger partial charge in [0.1, 0.15) is 12.4 Å². The number of nitrogens with zero attached hydrogens (tertiary/aromatic N) is 4. The van der Waals surface area contributed by atoms with Crippen LogP contribution in [0.25, 0.3) is 5.69 Å². The molecule has 178 valence electrons. The minimum Gasteiger partial charge on any atom is -0.490 e. The molecule has 0 bridgehead atoms. The van der Waals surface area contributed by atoms with E-state index in [1.54, 1.807) is 22.4 Å². The Hall–Kier alpha value is -3.01. The largest absolute Gasteiger partial charge is 0.490 e. The van der Waals surface area contributed by atoms with E-state index in [1.165, 1.54) is 16.7 Å². The zero-order chi connectivity index (χ0) is 23.8. The van der Waals surface area contributed by atoms with Gasteiger partial charge in [-0.2, -0.15) is 18.3 Å². The molecular formula is C23H27F3N4O3. The molecule has 1 aliphatic rings. The molecule has 0 N–H and O–H groups in total. The van der Waals surface area contributed by atoms with E-state index < -0.39 is 11.7 Å². The van der Waals surface area contributed by atoms with E-state index in [9.17, 15) is 18.0 Å². The van der Waals surface area contributed by atoms with Gasteiger partial charge in [-0.15, -0.1) is 0 Å². The lowest BCUT2D eigenvalue weighted by Crippen LogP contribution is -2.25. The Morgan fingerprint density at radius 3 is 2.67 bits per heavy atom. The molecule has 1 fully saturated rings. The summed E-state index contributed by atoms with van der Waals surface area (Å²) in [5, 5.41) is 4.24. The molecule has 1 saturated heterocycles. The lowest BCUT2D eigenvalue weighted by Gasteiger charge is -2.17. The summed E-state index contributed by atoms with van der Waals surface area (Å²) in [6.07, 6.45) is 0.373. The molecule has 3 aromatic rings. The molecular weight excluding hydrogens is 437 g/mol. The van der Waals surface area contributed by atoms with Crippen molar-refractivity contribution in [2.75, 3.05) is 13.2 Å². The maximum atomic E-state index is 13.6. The molecule has 0 amide bonds. The van der Waals surface area contributed by atoms with E-state index in [-0.39, 0.29) is 24.2 Å². The van der Waals surface area contributed by atoms with Crippen LogP contribution in [-0.4, -0.2) is 38.2 Å². The van der Waals surface area contributed by atoms with Crippen LogP contribution in [0.3, 0.4) is 0 Å². The first-order valence-electron chi connectivity index (χ1n) is 10.9. The molecule has 2 aromatic heterocycles. The fourth-order valence-electron chi connectivity index (χ4n) is 4.06. The SMILES string of the molecule is CCn1cc(Cn2c(C)c(C)n(-c3ccc(C(F)(F)F)c(OC[C@@H]4CCCO4)c3)c2=O)cn1. The number of ether oxygens (including phenoxy) is 2. The van der Waals surface area contributed by atoms with Crippen LogP contribution in [0, 0.1) is 13.8 Å². The second-order valence-corrected chi connectivity index (χ2v) is 8.20. The Labute approximate surface area is 189 Å². The van der Waals surface area contributed by atoms with Crippen molar-refractivity contribution in [3.63, 3.8) is 0 Å². The predicted molar refractivity (Wildman–Crippen MR) is 116 cm³/mol. The molecule has 1 atom stereocenters. The van der Waals surface area contributed by atoms with Crippen molar-refractivity contribution in [1.29, 1.82) is 0 Å². The first-order valence-corrected chi connectivity index (χ1v) is 10.9. The number of halogens is 3. The lowest BCUT2D eigenvalue weighted by atomic mass is 10.1. The quantitative estimate of drug-likeness (QED) is 0.528. The summed E-state index contributed by atoms with van der Waals surface area (Å²) in [7, 11) is 0. The van der Waals surface area contributed by atoms with Gasteiger partial charge in [-0.05, 0) is 45.7 Å². The molecule has 0 unspecified atom stereocenters. The fraction of sp³-hybridized carbons (Fsp3) is 0.478. The average molecular weight is 464 g/mol. The number of rotatable bonds is 7. The third-order valence-corrected chi connectivity index (χ3v) is 6.02. The summed E-state index contributed by atoms with van der Waals surface area (Å²) < 4.78 is 56.6. The molecule has 1 aliphatic heterocycles. The summed E-state index contributed by atoms with van der Waals surface area (Å²) in [6.45, 7) is 7.21. The van der Waals surface area contributed by atoms with Gasteiger partial charge >= 0.3 is 11.9 Å². The minimum absolute atomic E-state index is 0.0296. The monoisotopic (exact) mass is 464 g/mol. The van der Waals surface area contributed by atoms with E-state index in [4.69, 9.17) is 9.47 Å². The summed E-state index contributed by atoms with van der Waals surface area (Å²) in [4.78, 5) is 13.3. The van der Waals surface area contributed by atoms with E-state index in [0.717, 1.165) is 30.2 Å². The number of alkyl halides is 3. The number of aryl methyl sites for hydroxylation is 1. The van der Waals surface area contributed by atoms with Crippen LogP contribution in [0.4, 0.5) is 13.2 Å². The minimum atomic E-state index is -4.58. The lowest BCUT2D eigenvalue weighted by molar-refractivity contribution is -0.139. The maximum absolute atomic E-state index is 13.6. The summed E-state index contributed by atoms with van der Waals surface area (Å²) in [6, 6.07) is 3.55. The second-order valence-electron chi connectivity index (χ2n) is 8.20. The molecule has 0 saturated carbocycles. The highest BCUT2D eigenvalue weighted by atomic mass is 19.4. The van der Waals surface area contributed by atoms with E-state index >= 15 is 0 Å². The molecule has 10 heteroatoms. The van der Waals surface area contributed by atoms with Gasteiger partial charge in [0.25, 0.3) is 0 Å². The van der Waals surface area contributed by atoms with Gasteiger partial charge in [-0.3, -0.25) is 13.8 Å². The van der Waals surface area contributed by atoms with Gasteiger partial charge in [0.05, 0.1) is 30.1 Å². The van der Waals surface area contributed by atoms with Crippen LogP contribution in [-0.2, 0) is 24.0 Å². The van der Waals surface area contributed by atoms with Gasteiger partial charge in [0.15, 0.2) is 0 Å². The van der Waals surface area contributed by atoms with E-state index in [0.29, 0.717) is 31.1 Å². The van der Waals surface area contributed by atoms with Crippen LogP contribution < -0.4 is 10.4 Å². The van der Waals surface area contributed by atoms with Gasteiger partial charge < -0.3 is 9.47 Å². The first kappa shape index (κ1) is 23.2. The summed E-state index contributed by atoms with van der Waals surface area (Å²) in [5.41, 5.74) is 1.35. The number of hydrogen-bond acceptors (Lipinski definition) is 4. The average Bonchev–Trinajstić information content (AvgIpc) is 3.50. The number of hydrogen-bond donors (Lipinski definition) is 0. The van der Waals surface area contributed by atoms with Crippen molar-refractivity contribution in [2.24, 2.45) is 0 Å². The maximum Gasteiger partial charge on any atom is 0.419 e. The van der Waals surface area contributed by atoms with Crippen molar-refractivity contribution >= 4 is 0 Å². The Bertz CT molecular complexity index is 1190. The topological polar surface area (TPSA) is 63.2 Å². The number of aromatic nitrogens is 4. The van der Waals surface area contributed by atoms with Crippen LogP contribution in [0.5, 0.6) is 5.75 Å². The highest BCUT2D eigenvalue weighted by Gasteiger charge is 2.35. The zero-order valence-electron chi connectivity index (χ0n) is 18.9. The van der Waals surface area contributed by atoms with Crippen molar-refractivity contribution < 1.29 is 22.6 Å². The Morgan fingerprint density at radius 2 is 2.03 bits per heavy atom.